The molecule has 2 fully saturated rings. The summed E-state index contributed by atoms with van der Waals surface area (Å²) in [6.45, 7) is 3.27. The van der Waals surface area contributed by atoms with Gasteiger partial charge < -0.3 is 4.74 Å². The van der Waals surface area contributed by atoms with E-state index >= 15 is 0 Å². The van der Waals surface area contributed by atoms with Crippen molar-refractivity contribution in [3.8, 4) is 6.07 Å². The Hall–Kier alpha value is -1.14. The van der Waals surface area contributed by atoms with Crippen LogP contribution in [0.5, 0.6) is 0 Å². The van der Waals surface area contributed by atoms with Crippen LogP contribution in [0.15, 0.2) is 24.1 Å². The highest BCUT2D eigenvalue weighted by atomic mass is 19.1. The van der Waals surface area contributed by atoms with Crippen LogP contribution in [0.1, 0.15) is 96.8 Å². The highest BCUT2D eigenvalue weighted by Gasteiger charge is 2.24. The van der Waals surface area contributed by atoms with E-state index < -0.39 is 5.83 Å². The molecule has 0 amide bonds. The topological polar surface area (TPSA) is 33.0 Å². The number of ether oxygens (including phenoxy) is 1. The van der Waals surface area contributed by atoms with Gasteiger partial charge in [-0.05, 0) is 75.2 Å². The predicted octanol–water partition coefficient (Wildman–Crippen LogP) is 7.66. The van der Waals surface area contributed by atoms with Gasteiger partial charge in [0.25, 0.3) is 0 Å². The Morgan fingerprint density at radius 2 is 1.61 bits per heavy atom. The average molecular weight is 390 g/mol. The molecular weight excluding hydrogens is 349 g/mol. The molecule has 0 aromatic heterocycles. The number of nitriles is 1. The molecule has 0 heterocycles. The smallest absolute Gasteiger partial charge is 0.199 e. The Morgan fingerprint density at radius 1 is 0.964 bits per heavy atom. The molecule has 0 aliphatic heterocycles. The van der Waals surface area contributed by atoms with Crippen LogP contribution in [0.2, 0.25) is 0 Å². The summed E-state index contributed by atoms with van der Waals surface area (Å²) in [6, 6.07) is 1.49. The normalized spacial score (nSPS) is 29.1. The van der Waals surface area contributed by atoms with Gasteiger partial charge in [-0.3, -0.25) is 0 Å². The van der Waals surface area contributed by atoms with Crippen molar-refractivity contribution in [2.24, 2.45) is 17.8 Å². The summed E-state index contributed by atoms with van der Waals surface area (Å²) in [5, 5.41) is 8.36. The van der Waals surface area contributed by atoms with Gasteiger partial charge in [0.15, 0.2) is 5.83 Å². The summed E-state index contributed by atoms with van der Waals surface area (Å²) in [4.78, 5) is 0. The first-order chi connectivity index (χ1) is 13.7. The molecule has 0 atom stereocenters. The Labute approximate surface area is 172 Å². The molecule has 2 nitrogen and oxygen atoms in total. The molecule has 2 saturated carbocycles. The summed E-state index contributed by atoms with van der Waals surface area (Å²) < 4.78 is 19.0. The molecule has 2 aliphatic rings. The summed E-state index contributed by atoms with van der Waals surface area (Å²) in [6.07, 6.45) is 23.6. The van der Waals surface area contributed by atoms with Crippen LogP contribution < -0.4 is 0 Å². The molecule has 0 aromatic carbocycles. The fourth-order valence-electron chi connectivity index (χ4n) is 4.85. The highest BCUT2D eigenvalue weighted by Crippen LogP contribution is 2.34. The zero-order valence-electron chi connectivity index (χ0n) is 17.9. The summed E-state index contributed by atoms with van der Waals surface area (Å²) >= 11 is 0. The summed E-state index contributed by atoms with van der Waals surface area (Å²) in [5.41, 5.74) is 0. The summed E-state index contributed by atoms with van der Waals surface area (Å²) in [7, 11) is 0. The summed E-state index contributed by atoms with van der Waals surface area (Å²) in [5.74, 6) is 1.83. The molecule has 28 heavy (non-hydrogen) atoms. The quantitative estimate of drug-likeness (QED) is 0.206. The van der Waals surface area contributed by atoms with Crippen molar-refractivity contribution in [2.45, 2.75) is 103 Å². The minimum atomic E-state index is -0.723. The van der Waals surface area contributed by atoms with Gasteiger partial charge in [0, 0.05) is 6.61 Å². The van der Waals surface area contributed by atoms with E-state index in [-0.39, 0.29) is 0 Å². The highest BCUT2D eigenvalue weighted by molar-refractivity contribution is 5.18. The van der Waals surface area contributed by atoms with Gasteiger partial charge in [-0.15, -0.1) is 0 Å². The Morgan fingerprint density at radius 3 is 2.29 bits per heavy atom. The van der Waals surface area contributed by atoms with Gasteiger partial charge in [0.1, 0.15) is 6.07 Å². The largest absolute Gasteiger partial charge is 0.378 e. The van der Waals surface area contributed by atoms with E-state index in [9.17, 15) is 4.39 Å². The number of hydrogen-bond acceptors (Lipinski definition) is 2. The van der Waals surface area contributed by atoms with Crippen LogP contribution in [0, 0.1) is 29.1 Å². The van der Waals surface area contributed by atoms with E-state index in [1.165, 1.54) is 89.2 Å². The van der Waals surface area contributed by atoms with Crippen LogP contribution in [-0.4, -0.2) is 12.7 Å². The molecule has 0 unspecified atom stereocenters. The molecule has 0 bridgehead atoms. The molecule has 2 aliphatic carbocycles. The lowest BCUT2D eigenvalue weighted by Crippen LogP contribution is -2.26. The number of halogens is 1. The average Bonchev–Trinajstić information content (AvgIpc) is 2.74. The first kappa shape index (κ1) is 23.1. The van der Waals surface area contributed by atoms with E-state index in [1.54, 1.807) is 6.08 Å². The molecule has 158 valence electrons. The van der Waals surface area contributed by atoms with Crippen LogP contribution in [0.4, 0.5) is 4.39 Å². The van der Waals surface area contributed by atoms with Crippen LogP contribution >= 0.6 is 0 Å². The SMILES string of the molecule is CCCCC[C@H]1CC[C@H](COC2CCC(CCC=CC=C(F)C#N)CC2)CC1. The van der Waals surface area contributed by atoms with Crippen molar-refractivity contribution >= 4 is 0 Å². The molecule has 3 heteroatoms. The lowest BCUT2D eigenvalue weighted by molar-refractivity contribution is -0.0102. The van der Waals surface area contributed by atoms with Crippen LogP contribution in [0.25, 0.3) is 0 Å². The van der Waals surface area contributed by atoms with E-state index in [0.717, 1.165) is 37.2 Å². The molecule has 2 rings (SSSR count). The number of unbranched alkanes of at least 4 members (excludes halogenated alkanes) is 2. The Bertz CT molecular complexity index is 505. The maximum Gasteiger partial charge on any atom is 0.199 e. The van der Waals surface area contributed by atoms with Gasteiger partial charge in [-0.25, -0.2) is 0 Å². The third-order valence-electron chi connectivity index (χ3n) is 6.77. The van der Waals surface area contributed by atoms with Crippen molar-refractivity contribution in [3.63, 3.8) is 0 Å². The van der Waals surface area contributed by atoms with Crippen molar-refractivity contribution < 1.29 is 9.13 Å². The fourth-order valence-corrected chi connectivity index (χ4v) is 4.85. The first-order valence-electron chi connectivity index (χ1n) is 11.7. The second-order valence-corrected chi connectivity index (χ2v) is 8.99. The molecule has 0 spiro atoms. The van der Waals surface area contributed by atoms with E-state index in [2.05, 4.69) is 6.92 Å². The molecule has 0 aromatic rings. The number of hydrogen-bond donors (Lipinski definition) is 0. The first-order valence-corrected chi connectivity index (χ1v) is 11.7. The minimum Gasteiger partial charge on any atom is -0.378 e. The zero-order valence-corrected chi connectivity index (χ0v) is 17.9. The fraction of sp³-hybridized carbons (Fsp3) is 0.800. The monoisotopic (exact) mass is 389 g/mol. The van der Waals surface area contributed by atoms with E-state index in [4.69, 9.17) is 10.00 Å². The molecular formula is C25H40FNO. The lowest BCUT2D eigenvalue weighted by Gasteiger charge is -2.32. The van der Waals surface area contributed by atoms with Crippen molar-refractivity contribution in [2.75, 3.05) is 6.61 Å². The second kappa shape index (κ2) is 13.9. The van der Waals surface area contributed by atoms with Crippen LogP contribution in [-0.2, 0) is 4.74 Å². The Kier molecular flexibility index (Phi) is 11.5. The van der Waals surface area contributed by atoms with Gasteiger partial charge in [-0.1, -0.05) is 57.6 Å². The molecule has 0 radical (unpaired) electrons. The minimum absolute atomic E-state index is 0.474. The van der Waals surface area contributed by atoms with Crippen molar-refractivity contribution in [1.82, 2.24) is 0 Å². The van der Waals surface area contributed by atoms with Gasteiger partial charge in [-0.2, -0.15) is 9.65 Å². The predicted molar refractivity (Wildman–Crippen MR) is 114 cm³/mol. The standard InChI is InChI=1S/C25H40FNO/c1-2-3-5-8-21-11-13-23(14-12-21)20-28-25-17-15-22(16-18-25)9-6-4-7-10-24(26)19-27/h4,7,10,21-23,25H,2-3,5-6,8-9,11-18,20H2,1H3/t21-,22?,23-,25?. The maximum absolute atomic E-state index is 12.7. The van der Waals surface area contributed by atoms with Gasteiger partial charge in [0.2, 0.25) is 0 Å². The van der Waals surface area contributed by atoms with Crippen LogP contribution in [0.3, 0.4) is 0 Å². The number of allylic oxidation sites excluding steroid dienone is 4. The molecule has 0 saturated heterocycles. The van der Waals surface area contributed by atoms with Gasteiger partial charge >= 0.3 is 0 Å². The van der Waals surface area contributed by atoms with Crippen molar-refractivity contribution in [1.29, 1.82) is 5.26 Å². The van der Waals surface area contributed by atoms with Crippen molar-refractivity contribution in [3.05, 3.63) is 24.1 Å². The Balaban J connectivity index is 1.51. The third-order valence-corrected chi connectivity index (χ3v) is 6.77. The zero-order chi connectivity index (χ0) is 20.0. The lowest BCUT2D eigenvalue weighted by atomic mass is 9.80. The maximum atomic E-state index is 12.7. The molecule has 0 N–H and O–H groups in total. The van der Waals surface area contributed by atoms with E-state index in [1.807, 2.05) is 6.08 Å². The van der Waals surface area contributed by atoms with Gasteiger partial charge in [0.05, 0.1) is 6.10 Å². The third kappa shape index (κ3) is 9.37. The van der Waals surface area contributed by atoms with E-state index in [0.29, 0.717) is 6.10 Å². The second-order valence-electron chi connectivity index (χ2n) is 8.99. The number of rotatable bonds is 11. The number of nitrogens with zero attached hydrogens (tertiary/aromatic N) is 1.